The first-order valence-electron chi connectivity index (χ1n) is 6.84. The second kappa shape index (κ2) is 5.98. The second-order valence-corrected chi connectivity index (χ2v) is 8.66. The molecule has 0 saturated carbocycles. The SMILES string of the molecule is Cc1ccc(S(=O)(=O)Nc2nn(C(C)(C)C)cc2C#N)c(Br)c1. The Bertz CT molecular complexity index is 889. The van der Waals surface area contributed by atoms with Gasteiger partial charge in [0.2, 0.25) is 0 Å². The van der Waals surface area contributed by atoms with E-state index >= 15 is 0 Å². The Morgan fingerprint density at radius 1 is 1.35 bits per heavy atom. The maximum atomic E-state index is 12.6. The van der Waals surface area contributed by atoms with E-state index < -0.39 is 10.0 Å². The van der Waals surface area contributed by atoms with Gasteiger partial charge >= 0.3 is 0 Å². The highest BCUT2D eigenvalue weighted by Gasteiger charge is 2.23. The summed E-state index contributed by atoms with van der Waals surface area (Å²) in [6, 6.07) is 6.89. The van der Waals surface area contributed by atoms with Crippen molar-refractivity contribution in [2.75, 3.05) is 4.72 Å². The Hall–Kier alpha value is -1.85. The summed E-state index contributed by atoms with van der Waals surface area (Å²) in [5.74, 6) is 0.0231. The molecule has 0 spiro atoms. The van der Waals surface area contributed by atoms with E-state index in [0.717, 1.165) is 5.56 Å². The Balaban J connectivity index is 2.46. The molecule has 0 amide bonds. The van der Waals surface area contributed by atoms with E-state index in [0.29, 0.717) is 4.47 Å². The van der Waals surface area contributed by atoms with E-state index in [1.54, 1.807) is 16.8 Å². The van der Waals surface area contributed by atoms with Crippen molar-refractivity contribution in [1.29, 1.82) is 5.26 Å². The number of sulfonamides is 1. The van der Waals surface area contributed by atoms with Crippen LogP contribution in [-0.4, -0.2) is 18.2 Å². The largest absolute Gasteiger partial charge is 0.264 e. The van der Waals surface area contributed by atoms with Gasteiger partial charge in [-0.2, -0.15) is 10.4 Å². The van der Waals surface area contributed by atoms with E-state index in [9.17, 15) is 13.7 Å². The van der Waals surface area contributed by atoms with Gasteiger partial charge in [0, 0.05) is 10.7 Å². The summed E-state index contributed by atoms with van der Waals surface area (Å²) in [5, 5.41) is 13.4. The van der Waals surface area contributed by atoms with Crippen LogP contribution in [0, 0.1) is 18.3 Å². The van der Waals surface area contributed by atoms with Gasteiger partial charge in [-0.05, 0) is 61.3 Å². The van der Waals surface area contributed by atoms with Crippen LogP contribution in [0.1, 0.15) is 31.9 Å². The van der Waals surface area contributed by atoms with Gasteiger partial charge in [-0.15, -0.1) is 0 Å². The number of nitriles is 1. The van der Waals surface area contributed by atoms with Crippen LogP contribution in [0.3, 0.4) is 0 Å². The van der Waals surface area contributed by atoms with Gasteiger partial charge in [-0.25, -0.2) is 8.42 Å². The molecule has 1 N–H and O–H groups in total. The minimum Gasteiger partial charge on any atom is -0.264 e. The molecule has 8 heteroatoms. The van der Waals surface area contributed by atoms with Crippen LogP contribution in [0.25, 0.3) is 0 Å². The maximum Gasteiger partial charge on any atom is 0.264 e. The second-order valence-electron chi connectivity index (χ2n) is 6.16. The van der Waals surface area contributed by atoms with Crippen LogP contribution in [-0.2, 0) is 15.6 Å². The lowest BCUT2D eigenvalue weighted by Crippen LogP contribution is -2.22. The smallest absolute Gasteiger partial charge is 0.264 e. The standard InChI is InChI=1S/C15H17BrN4O2S/c1-10-5-6-13(12(16)7-10)23(21,22)19-14-11(8-17)9-20(18-14)15(2,3)4/h5-7,9H,1-4H3,(H,18,19). The quantitative estimate of drug-likeness (QED) is 0.860. The Morgan fingerprint density at radius 3 is 2.52 bits per heavy atom. The molecule has 0 aliphatic rings. The molecule has 0 fully saturated rings. The summed E-state index contributed by atoms with van der Waals surface area (Å²) in [5.41, 5.74) is 0.747. The monoisotopic (exact) mass is 396 g/mol. The van der Waals surface area contributed by atoms with E-state index in [4.69, 9.17) is 0 Å². The number of nitrogens with zero attached hydrogens (tertiary/aromatic N) is 3. The number of rotatable bonds is 3. The fourth-order valence-electron chi connectivity index (χ4n) is 1.88. The molecule has 2 aromatic rings. The third-order valence-electron chi connectivity index (χ3n) is 3.13. The zero-order chi connectivity index (χ0) is 17.4. The summed E-state index contributed by atoms with van der Waals surface area (Å²) in [6.45, 7) is 7.61. The van der Waals surface area contributed by atoms with Crippen molar-refractivity contribution in [2.45, 2.75) is 38.1 Å². The maximum absolute atomic E-state index is 12.6. The van der Waals surface area contributed by atoms with E-state index in [1.807, 2.05) is 33.8 Å². The minimum absolute atomic E-state index is 0.0231. The van der Waals surface area contributed by atoms with Crippen molar-refractivity contribution in [3.05, 3.63) is 40.0 Å². The van der Waals surface area contributed by atoms with Gasteiger partial charge in [-0.3, -0.25) is 9.40 Å². The average molecular weight is 397 g/mol. The van der Waals surface area contributed by atoms with Crippen LogP contribution in [0.2, 0.25) is 0 Å². The molecule has 1 heterocycles. The first-order chi connectivity index (χ1) is 10.5. The molecule has 0 saturated heterocycles. The van der Waals surface area contributed by atoms with Gasteiger partial charge in [0.15, 0.2) is 5.82 Å². The van der Waals surface area contributed by atoms with Crippen molar-refractivity contribution in [3.63, 3.8) is 0 Å². The highest BCUT2D eigenvalue weighted by atomic mass is 79.9. The van der Waals surface area contributed by atoms with E-state index in [2.05, 4.69) is 25.8 Å². The predicted octanol–water partition coefficient (Wildman–Crippen LogP) is 3.38. The lowest BCUT2D eigenvalue weighted by molar-refractivity contribution is 0.356. The van der Waals surface area contributed by atoms with Crippen molar-refractivity contribution in [1.82, 2.24) is 9.78 Å². The average Bonchev–Trinajstić information content (AvgIpc) is 2.80. The first-order valence-corrected chi connectivity index (χ1v) is 9.11. The molecule has 122 valence electrons. The van der Waals surface area contributed by atoms with Gasteiger partial charge < -0.3 is 0 Å². The number of hydrogen-bond donors (Lipinski definition) is 1. The number of halogens is 1. The fraction of sp³-hybridized carbons (Fsp3) is 0.333. The number of aryl methyl sites for hydroxylation is 1. The number of hydrogen-bond acceptors (Lipinski definition) is 4. The zero-order valence-corrected chi connectivity index (χ0v) is 15.7. The van der Waals surface area contributed by atoms with E-state index in [1.165, 1.54) is 12.3 Å². The molecule has 2 rings (SSSR count). The summed E-state index contributed by atoms with van der Waals surface area (Å²) in [7, 11) is -3.85. The van der Waals surface area contributed by atoms with Crippen LogP contribution in [0.15, 0.2) is 33.8 Å². The Kier molecular flexibility index (Phi) is 4.55. The zero-order valence-electron chi connectivity index (χ0n) is 13.3. The minimum atomic E-state index is -3.85. The molecular weight excluding hydrogens is 380 g/mol. The van der Waals surface area contributed by atoms with Crippen LogP contribution < -0.4 is 4.72 Å². The summed E-state index contributed by atoms with van der Waals surface area (Å²) in [6.07, 6.45) is 1.53. The molecular formula is C15H17BrN4O2S. The fourth-order valence-corrected chi connectivity index (χ4v) is 4.09. The van der Waals surface area contributed by atoms with Gasteiger partial charge in [0.1, 0.15) is 16.5 Å². The van der Waals surface area contributed by atoms with Crippen molar-refractivity contribution >= 4 is 31.8 Å². The number of anilines is 1. The molecule has 0 bridgehead atoms. The summed E-state index contributed by atoms with van der Waals surface area (Å²) < 4.78 is 29.5. The molecule has 0 aliphatic heterocycles. The first kappa shape index (κ1) is 17.5. The molecule has 6 nitrogen and oxygen atoms in total. The van der Waals surface area contributed by atoms with Gasteiger partial charge in [0.25, 0.3) is 10.0 Å². The molecule has 23 heavy (non-hydrogen) atoms. The highest BCUT2D eigenvalue weighted by molar-refractivity contribution is 9.10. The molecule has 0 unspecified atom stereocenters. The predicted molar refractivity (Wildman–Crippen MR) is 91.6 cm³/mol. The lowest BCUT2D eigenvalue weighted by atomic mass is 10.1. The van der Waals surface area contributed by atoms with E-state index in [-0.39, 0.29) is 21.8 Å². The normalized spacial score (nSPS) is 12.0. The van der Waals surface area contributed by atoms with Crippen molar-refractivity contribution in [2.24, 2.45) is 0 Å². The highest BCUT2D eigenvalue weighted by Crippen LogP contribution is 2.26. The molecule has 1 aromatic heterocycles. The molecule has 0 radical (unpaired) electrons. The molecule has 1 aromatic carbocycles. The van der Waals surface area contributed by atoms with Crippen LogP contribution in [0.4, 0.5) is 5.82 Å². The van der Waals surface area contributed by atoms with Crippen molar-refractivity contribution in [3.8, 4) is 6.07 Å². The Labute approximate surface area is 144 Å². The summed E-state index contributed by atoms with van der Waals surface area (Å²) in [4.78, 5) is 0.0947. The molecule has 0 atom stereocenters. The number of nitrogens with one attached hydrogen (secondary N) is 1. The third kappa shape index (κ3) is 3.74. The number of benzene rings is 1. The summed E-state index contributed by atoms with van der Waals surface area (Å²) >= 11 is 3.26. The van der Waals surface area contributed by atoms with Gasteiger partial charge in [-0.1, -0.05) is 6.07 Å². The topological polar surface area (TPSA) is 87.8 Å². The van der Waals surface area contributed by atoms with Crippen LogP contribution >= 0.6 is 15.9 Å². The number of aromatic nitrogens is 2. The lowest BCUT2D eigenvalue weighted by Gasteiger charge is -2.18. The Morgan fingerprint density at radius 2 is 2.00 bits per heavy atom. The van der Waals surface area contributed by atoms with Gasteiger partial charge in [0.05, 0.1) is 5.54 Å². The van der Waals surface area contributed by atoms with Crippen molar-refractivity contribution < 1.29 is 8.42 Å². The molecule has 0 aliphatic carbocycles. The third-order valence-corrected chi connectivity index (χ3v) is 5.45. The van der Waals surface area contributed by atoms with Crippen LogP contribution in [0.5, 0.6) is 0 Å².